The second-order valence-electron chi connectivity index (χ2n) is 9.34. The molecule has 0 bridgehead atoms. The summed E-state index contributed by atoms with van der Waals surface area (Å²) in [6.07, 6.45) is 2.25. The minimum Gasteiger partial charge on any atom is -0.444 e. The lowest BCUT2D eigenvalue weighted by Gasteiger charge is -2.47. The molecule has 174 valence electrons. The number of benzene rings is 1. The molecule has 32 heavy (non-hydrogen) atoms. The van der Waals surface area contributed by atoms with Crippen molar-refractivity contribution in [1.29, 1.82) is 0 Å². The number of piperidine rings is 1. The van der Waals surface area contributed by atoms with E-state index in [1.165, 1.54) is 6.08 Å². The molecule has 2 aliphatic heterocycles. The normalized spacial score (nSPS) is 18.2. The summed E-state index contributed by atoms with van der Waals surface area (Å²) in [4.78, 5) is 40.3. The highest BCUT2D eigenvalue weighted by Gasteiger charge is 2.42. The number of hydrogen-bond donors (Lipinski definition) is 1. The molecule has 0 radical (unpaired) electrons. The maximum atomic E-state index is 12.9. The fourth-order valence-electron chi connectivity index (χ4n) is 3.96. The van der Waals surface area contributed by atoms with E-state index in [1.807, 2.05) is 37.8 Å². The summed E-state index contributed by atoms with van der Waals surface area (Å²) in [5, 5.41) is 2.71. The maximum Gasteiger partial charge on any atom is 0.410 e. The molecule has 2 saturated heterocycles. The zero-order valence-electron chi connectivity index (χ0n) is 19.2. The number of rotatable bonds is 4. The van der Waals surface area contributed by atoms with E-state index in [0.29, 0.717) is 57.7 Å². The number of amides is 3. The fraction of sp³-hybridized carbons (Fsp3) is 0.542. The van der Waals surface area contributed by atoms with Crippen LogP contribution in [-0.2, 0) is 20.8 Å². The van der Waals surface area contributed by atoms with Crippen LogP contribution in [0.5, 0.6) is 0 Å². The molecular formula is C24H33N3O5. The lowest BCUT2D eigenvalue weighted by molar-refractivity contribution is -0.130. The third-order valence-corrected chi connectivity index (χ3v) is 5.72. The standard InChI is InChI=1S/C24H33N3O5/c1-5-20(28)25-16-18-6-8-19(9-7-18)21(29)26-12-10-24(11-13-26)17-27(14-15-31-24)22(30)32-23(2,3)4/h5-9H,1,10-17H2,2-4H3,(H,25,28). The second kappa shape index (κ2) is 9.73. The van der Waals surface area contributed by atoms with Crippen molar-refractivity contribution in [2.75, 3.05) is 32.8 Å². The van der Waals surface area contributed by atoms with Crippen LogP contribution in [0.1, 0.15) is 49.5 Å². The van der Waals surface area contributed by atoms with Crippen LogP contribution in [-0.4, -0.2) is 71.7 Å². The molecule has 0 aliphatic carbocycles. The van der Waals surface area contributed by atoms with Crippen LogP contribution in [0.25, 0.3) is 0 Å². The van der Waals surface area contributed by atoms with E-state index < -0.39 is 11.2 Å². The Morgan fingerprint density at radius 3 is 2.38 bits per heavy atom. The maximum absolute atomic E-state index is 12.9. The van der Waals surface area contributed by atoms with Crippen LogP contribution in [0, 0.1) is 0 Å². The van der Waals surface area contributed by atoms with Gasteiger partial charge in [0.2, 0.25) is 5.91 Å². The first-order valence-electron chi connectivity index (χ1n) is 11.0. The Morgan fingerprint density at radius 1 is 1.12 bits per heavy atom. The molecule has 8 nitrogen and oxygen atoms in total. The topological polar surface area (TPSA) is 88.2 Å². The molecule has 2 aliphatic rings. The Hall–Kier alpha value is -2.87. The number of carbonyl (C=O) groups is 3. The van der Waals surface area contributed by atoms with Gasteiger partial charge in [0.1, 0.15) is 5.60 Å². The van der Waals surface area contributed by atoms with Crippen molar-refractivity contribution in [2.24, 2.45) is 0 Å². The molecule has 3 rings (SSSR count). The highest BCUT2D eigenvalue weighted by Crippen LogP contribution is 2.31. The Morgan fingerprint density at radius 2 is 1.78 bits per heavy atom. The van der Waals surface area contributed by atoms with Gasteiger partial charge in [-0.25, -0.2) is 4.79 Å². The van der Waals surface area contributed by atoms with Crippen LogP contribution in [0.15, 0.2) is 36.9 Å². The second-order valence-corrected chi connectivity index (χ2v) is 9.34. The molecule has 1 spiro atoms. The Labute approximate surface area is 189 Å². The van der Waals surface area contributed by atoms with Gasteiger partial charge >= 0.3 is 6.09 Å². The van der Waals surface area contributed by atoms with Gasteiger partial charge in [-0.15, -0.1) is 0 Å². The highest BCUT2D eigenvalue weighted by molar-refractivity contribution is 5.94. The van der Waals surface area contributed by atoms with Crippen molar-refractivity contribution in [1.82, 2.24) is 15.1 Å². The third-order valence-electron chi connectivity index (χ3n) is 5.72. The minimum absolute atomic E-state index is 0.0265. The number of ether oxygens (including phenoxy) is 2. The van der Waals surface area contributed by atoms with Crippen LogP contribution in [0.2, 0.25) is 0 Å². The molecule has 0 unspecified atom stereocenters. The van der Waals surface area contributed by atoms with Crippen molar-refractivity contribution in [2.45, 2.75) is 51.4 Å². The molecule has 2 heterocycles. The van der Waals surface area contributed by atoms with Crippen LogP contribution < -0.4 is 5.32 Å². The average molecular weight is 444 g/mol. The zero-order valence-corrected chi connectivity index (χ0v) is 19.2. The summed E-state index contributed by atoms with van der Waals surface area (Å²) in [6.45, 7) is 12.0. The van der Waals surface area contributed by atoms with Crippen LogP contribution in [0.3, 0.4) is 0 Å². The number of morpholine rings is 1. The Kier molecular flexibility index (Phi) is 7.23. The molecule has 0 atom stereocenters. The van der Waals surface area contributed by atoms with Gasteiger partial charge in [-0.1, -0.05) is 18.7 Å². The summed E-state index contributed by atoms with van der Waals surface area (Å²) in [7, 11) is 0. The molecular weight excluding hydrogens is 410 g/mol. The van der Waals surface area contributed by atoms with E-state index in [9.17, 15) is 14.4 Å². The number of nitrogens with one attached hydrogen (secondary N) is 1. The summed E-state index contributed by atoms with van der Waals surface area (Å²) < 4.78 is 11.6. The lowest BCUT2D eigenvalue weighted by Crippen LogP contribution is -2.59. The fourth-order valence-corrected chi connectivity index (χ4v) is 3.96. The largest absolute Gasteiger partial charge is 0.444 e. The van der Waals surface area contributed by atoms with E-state index in [4.69, 9.17) is 9.47 Å². The van der Waals surface area contributed by atoms with Gasteiger partial charge in [0, 0.05) is 31.7 Å². The number of likely N-dealkylation sites (tertiary alicyclic amines) is 1. The average Bonchev–Trinajstić information content (AvgIpc) is 2.77. The quantitative estimate of drug-likeness (QED) is 0.723. The van der Waals surface area contributed by atoms with Gasteiger partial charge in [-0.05, 0) is 57.4 Å². The third kappa shape index (κ3) is 6.09. The van der Waals surface area contributed by atoms with Gasteiger partial charge in [-0.3, -0.25) is 9.59 Å². The van der Waals surface area contributed by atoms with Crippen molar-refractivity contribution in [3.05, 3.63) is 48.0 Å². The summed E-state index contributed by atoms with van der Waals surface area (Å²) >= 11 is 0. The highest BCUT2D eigenvalue weighted by atomic mass is 16.6. The van der Waals surface area contributed by atoms with E-state index in [-0.39, 0.29) is 17.9 Å². The molecule has 1 aromatic carbocycles. The zero-order chi connectivity index (χ0) is 23.4. The molecule has 2 fully saturated rings. The van der Waals surface area contributed by atoms with Crippen LogP contribution in [0.4, 0.5) is 4.79 Å². The number of nitrogens with zero attached hydrogens (tertiary/aromatic N) is 2. The van der Waals surface area contributed by atoms with Crippen LogP contribution >= 0.6 is 0 Å². The summed E-state index contributed by atoms with van der Waals surface area (Å²) in [5.74, 6) is -0.260. The van der Waals surface area contributed by atoms with Crippen molar-refractivity contribution < 1.29 is 23.9 Å². The van der Waals surface area contributed by atoms with Gasteiger partial charge < -0.3 is 24.6 Å². The van der Waals surface area contributed by atoms with Gasteiger partial charge in [0.05, 0.1) is 18.8 Å². The van der Waals surface area contributed by atoms with Crippen molar-refractivity contribution >= 4 is 17.9 Å². The van der Waals surface area contributed by atoms with Crippen molar-refractivity contribution in [3.63, 3.8) is 0 Å². The molecule has 8 heteroatoms. The van der Waals surface area contributed by atoms with E-state index >= 15 is 0 Å². The Balaban J connectivity index is 1.54. The molecule has 0 aromatic heterocycles. The Bertz CT molecular complexity index is 851. The van der Waals surface area contributed by atoms with Gasteiger partial charge in [0.25, 0.3) is 5.91 Å². The van der Waals surface area contributed by atoms with E-state index in [1.54, 1.807) is 17.0 Å². The SMILES string of the molecule is C=CC(=O)NCc1ccc(C(=O)N2CCC3(CC2)CN(C(=O)OC(C)(C)C)CCO3)cc1. The van der Waals surface area contributed by atoms with Gasteiger partial charge in [0.15, 0.2) is 0 Å². The first-order valence-corrected chi connectivity index (χ1v) is 11.0. The minimum atomic E-state index is -0.537. The van der Waals surface area contributed by atoms with E-state index in [2.05, 4.69) is 11.9 Å². The van der Waals surface area contributed by atoms with Gasteiger partial charge in [-0.2, -0.15) is 0 Å². The summed E-state index contributed by atoms with van der Waals surface area (Å²) in [5.41, 5.74) is 0.552. The first kappa shape index (κ1) is 23.8. The van der Waals surface area contributed by atoms with E-state index in [0.717, 1.165) is 5.56 Å². The predicted molar refractivity (Wildman–Crippen MR) is 120 cm³/mol. The first-order chi connectivity index (χ1) is 15.1. The number of hydrogen-bond acceptors (Lipinski definition) is 5. The smallest absolute Gasteiger partial charge is 0.410 e. The molecule has 1 aromatic rings. The molecule has 0 saturated carbocycles. The summed E-state index contributed by atoms with van der Waals surface area (Å²) in [6, 6.07) is 7.24. The molecule has 1 N–H and O–H groups in total. The molecule has 3 amide bonds. The number of carbonyl (C=O) groups excluding carboxylic acids is 3. The monoisotopic (exact) mass is 443 g/mol. The lowest BCUT2D eigenvalue weighted by atomic mass is 9.89. The predicted octanol–water partition coefficient (Wildman–Crippen LogP) is 2.73. The van der Waals surface area contributed by atoms with Crippen molar-refractivity contribution in [3.8, 4) is 0 Å².